The van der Waals surface area contributed by atoms with Gasteiger partial charge in [0, 0.05) is 19.3 Å². The molecule has 0 aliphatic rings. The SMILES string of the molecule is Nc1ccc(I)cc1-c1nc(-c2cc(F)cc(Br)c2)no1. The highest BCUT2D eigenvalue weighted by Crippen LogP contribution is 2.29. The Bertz CT molecular complexity index is 801. The zero-order valence-corrected chi connectivity index (χ0v) is 14.2. The Balaban J connectivity index is 2.05. The molecule has 7 heteroatoms. The monoisotopic (exact) mass is 459 g/mol. The molecule has 0 radical (unpaired) electrons. The molecular formula is C14H8BrFIN3O. The fourth-order valence-corrected chi connectivity index (χ4v) is 2.80. The van der Waals surface area contributed by atoms with Crippen LogP contribution in [0.1, 0.15) is 0 Å². The largest absolute Gasteiger partial charge is 0.398 e. The summed E-state index contributed by atoms with van der Waals surface area (Å²) in [6.45, 7) is 0. The van der Waals surface area contributed by atoms with E-state index < -0.39 is 0 Å². The first kappa shape index (κ1) is 14.5. The molecule has 0 aliphatic carbocycles. The van der Waals surface area contributed by atoms with Gasteiger partial charge in [-0.1, -0.05) is 21.1 Å². The summed E-state index contributed by atoms with van der Waals surface area (Å²) in [6.07, 6.45) is 0. The third-order valence-electron chi connectivity index (χ3n) is 2.79. The van der Waals surface area contributed by atoms with Gasteiger partial charge in [0.1, 0.15) is 5.82 Å². The van der Waals surface area contributed by atoms with E-state index in [1.807, 2.05) is 12.1 Å². The Morgan fingerprint density at radius 1 is 1.19 bits per heavy atom. The van der Waals surface area contributed by atoms with Gasteiger partial charge in [-0.15, -0.1) is 0 Å². The van der Waals surface area contributed by atoms with Gasteiger partial charge in [-0.25, -0.2) is 4.39 Å². The van der Waals surface area contributed by atoms with E-state index in [-0.39, 0.29) is 5.82 Å². The minimum atomic E-state index is -0.375. The molecule has 0 saturated carbocycles. The minimum Gasteiger partial charge on any atom is -0.398 e. The van der Waals surface area contributed by atoms with E-state index in [1.165, 1.54) is 12.1 Å². The van der Waals surface area contributed by atoms with E-state index in [0.29, 0.717) is 33.0 Å². The van der Waals surface area contributed by atoms with Gasteiger partial charge in [0.2, 0.25) is 5.82 Å². The van der Waals surface area contributed by atoms with Crippen molar-refractivity contribution in [2.75, 3.05) is 5.73 Å². The molecule has 1 heterocycles. The van der Waals surface area contributed by atoms with Crippen molar-refractivity contribution >= 4 is 44.2 Å². The quantitative estimate of drug-likeness (QED) is 0.453. The van der Waals surface area contributed by atoms with Crippen molar-refractivity contribution in [1.29, 1.82) is 0 Å². The summed E-state index contributed by atoms with van der Waals surface area (Å²) in [7, 11) is 0. The number of halogens is 3. The normalized spacial score (nSPS) is 10.8. The molecule has 0 saturated heterocycles. The first-order valence-corrected chi connectivity index (χ1v) is 7.75. The van der Waals surface area contributed by atoms with Crippen LogP contribution in [-0.2, 0) is 0 Å². The van der Waals surface area contributed by atoms with Gasteiger partial charge < -0.3 is 10.3 Å². The number of aromatic nitrogens is 2. The van der Waals surface area contributed by atoms with Crippen molar-refractivity contribution in [2.24, 2.45) is 0 Å². The molecular weight excluding hydrogens is 452 g/mol. The number of rotatable bonds is 2. The van der Waals surface area contributed by atoms with Gasteiger partial charge in [-0.2, -0.15) is 4.98 Å². The Kier molecular flexibility index (Phi) is 3.94. The van der Waals surface area contributed by atoms with E-state index in [9.17, 15) is 4.39 Å². The van der Waals surface area contributed by atoms with Gasteiger partial charge in [0.05, 0.1) is 5.56 Å². The topological polar surface area (TPSA) is 64.9 Å². The van der Waals surface area contributed by atoms with Crippen LogP contribution in [0.15, 0.2) is 45.4 Å². The Hall–Kier alpha value is -1.48. The van der Waals surface area contributed by atoms with Gasteiger partial charge >= 0.3 is 0 Å². The van der Waals surface area contributed by atoms with E-state index in [0.717, 1.165) is 3.57 Å². The predicted octanol–water partition coefficient (Wildman–Crippen LogP) is 4.49. The van der Waals surface area contributed by atoms with Crippen molar-refractivity contribution in [3.63, 3.8) is 0 Å². The van der Waals surface area contributed by atoms with Crippen LogP contribution in [0, 0.1) is 9.39 Å². The molecule has 2 aromatic carbocycles. The molecule has 0 atom stereocenters. The van der Waals surface area contributed by atoms with Gasteiger partial charge in [-0.3, -0.25) is 0 Å². The number of nitrogens with zero attached hydrogens (tertiary/aromatic N) is 2. The highest BCUT2D eigenvalue weighted by molar-refractivity contribution is 14.1. The number of anilines is 1. The van der Waals surface area contributed by atoms with E-state index in [4.69, 9.17) is 10.3 Å². The van der Waals surface area contributed by atoms with Crippen LogP contribution in [0.5, 0.6) is 0 Å². The number of benzene rings is 2. The molecule has 0 bridgehead atoms. The molecule has 3 aromatic rings. The van der Waals surface area contributed by atoms with E-state index in [2.05, 4.69) is 48.7 Å². The summed E-state index contributed by atoms with van der Waals surface area (Å²) < 4.78 is 20.3. The van der Waals surface area contributed by atoms with E-state index in [1.54, 1.807) is 12.1 Å². The van der Waals surface area contributed by atoms with Crippen molar-refractivity contribution in [3.05, 3.63) is 50.3 Å². The van der Waals surface area contributed by atoms with Crippen LogP contribution in [0.3, 0.4) is 0 Å². The molecule has 0 unspecified atom stereocenters. The molecule has 3 rings (SSSR count). The van der Waals surface area contributed by atoms with Crippen molar-refractivity contribution in [1.82, 2.24) is 10.1 Å². The van der Waals surface area contributed by atoms with Crippen LogP contribution in [0.4, 0.5) is 10.1 Å². The first-order chi connectivity index (χ1) is 10.0. The lowest BCUT2D eigenvalue weighted by molar-refractivity contribution is 0.432. The fourth-order valence-electron chi connectivity index (χ4n) is 1.85. The van der Waals surface area contributed by atoms with Gasteiger partial charge in [0.25, 0.3) is 5.89 Å². The van der Waals surface area contributed by atoms with Crippen LogP contribution in [0.2, 0.25) is 0 Å². The summed E-state index contributed by atoms with van der Waals surface area (Å²) in [5.41, 5.74) is 7.66. The highest BCUT2D eigenvalue weighted by Gasteiger charge is 2.14. The second-order valence-electron chi connectivity index (χ2n) is 4.31. The molecule has 1 aromatic heterocycles. The Morgan fingerprint density at radius 3 is 2.76 bits per heavy atom. The maximum absolute atomic E-state index is 13.4. The second kappa shape index (κ2) is 5.72. The van der Waals surface area contributed by atoms with E-state index >= 15 is 0 Å². The third kappa shape index (κ3) is 3.08. The zero-order chi connectivity index (χ0) is 15.0. The molecule has 4 nitrogen and oxygen atoms in total. The lowest BCUT2D eigenvalue weighted by Gasteiger charge is -2.00. The maximum Gasteiger partial charge on any atom is 0.260 e. The molecule has 0 spiro atoms. The average molecular weight is 460 g/mol. The lowest BCUT2D eigenvalue weighted by atomic mass is 10.2. The molecule has 0 amide bonds. The number of hydrogen-bond acceptors (Lipinski definition) is 4. The van der Waals surface area contributed by atoms with Crippen LogP contribution in [-0.4, -0.2) is 10.1 Å². The first-order valence-electron chi connectivity index (χ1n) is 5.88. The summed E-state index contributed by atoms with van der Waals surface area (Å²) in [5, 5.41) is 3.88. The smallest absolute Gasteiger partial charge is 0.260 e. The standard InChI is InChI=1S/C14H8BrFIN3O/c15-8-3-7(4-9(16)5-8)13-19-14(21-20-13)11-6-10(17)1-2-12(11)18/h1-6H,18H2. The van der Waals surface area contributed by atoms with Crippen LogP contribution >= 0.6 is 38.5 Å². The van der Waals surface area contributed by atoms with Crippen molar-refractivity contribution in [2.45, 2.75) is 0 Å². The predicted molar refractivity (Wildman–Crippen MR) is 90.0 cm³/mol. The van der Waals surface area contributed by atoms with Crippen LogP contribution < -0.4 is 5.73 Å². The fraction of sp³-hybridized carbons (Fsp3) is 0. The molecule has 21 heavy (non-hydrogen) atoms. The minimum absolute atomic E-state index is 0.307. The second-order valence-corrected chi connectivity index (χ2v) is 6.47. The third-order valence-corrected chi connectivity index (χ3v) is 3.92. The highest BCUT2D eigenvalue weighted by atomic mass is 127. The average Bonchev–Trinajstić information content (AvgIpc) is 2.90. The maximum atomic E-state index is 13.4. The molecule has 0 aliphatic heterocycles. The lowest BCUT2D eigenvalue weighted by Crippen LogP contribution is -1.91. The van der Waals surface area contributed by atoms with Crippen molar-refractivity contribution < 1.29 is 8.91 Å². The van der Waals surface area contributed by atoms with Crippen molar-refractivity contribution in [3.8, 4) is 22.8 Å². The summed E-state index contributed by atoms with van der Waals surface area (Å²) in [6, 6.07) is 9.95. The summed E-state index contributed by atoms with van der Waals surface area (Å²) in [4.78, 5) is 4.29. The molecule has 0 fully saturated rings. The number of nitrogen functional groups attached to an aromatic ring is 1. The summed E-state index contributed by atoms with van der Waals surface area (Å²) in [5.74, 6) is 0.240. The zero-order valence-electron chi connectivity index (χ0n) is 10.5. The number of hydrogen-bond donors (Lipinski definition) is 1. The number of nitrogens with two attached hydrogens (primary N) is 1. The van der Waals surface area contributed by atoms with Crippen LogP contribution in [0.25, 0.3) is 22.8 Å². The van der Waals surface area contributed by atoms with Gasteiger partial charge in [-0.05, 0) is 59.0 Å². The van der Waals surface area contributed by atoms with Gasteiger partial charge in [0.15, 0.2) is 0 Å². The Labute approximate surface area is 141 Å². The molecule has 2 N–H and O–H groups in total. The summed E-state index contributed by atoms with van der Waals surface area (Å²) >= 11 is 5.41. The molecule has 106 valence electrons. The Morgan fingerprint density at radius 2 is 2.00 bits per heavy atom.